The Morgan fingerprint density at radius 3 is 2.43 bits per heavy atom. The minimum Gasteiger partial charge on any atom is -0.393 e. The molecule has 0 bridgehead atoms. The maximum atomic E-state index is 12.9. The number of hydrogen-bond acceptors (Lipinski definition) is 6. The van der Waals surface area contributed by atoms with E-state index in [1.807, 2.05) is 57.5 Å². The highest BCUT2D eigenvalue weighted by Crippen LogP contribution is 2.36. The number of nitrogens with one attached hydrogen (secondary N) is 1. The summed E-state index contributed by atoms with van der Waals surface area (Å²) >= 11 is 1.60. The molecule has 0 spiro atoms. The van der Waals surface area contributed by atoms with E-state index in [4.69, 9.17) is 5.73 Å². The normalized spacial score (nSPS) is 22.7. The number of benzene rings is 1. The molecular weight excluding hydrogens is 398 g/mol. The lowest BCUT2D eigenvalue weighted by atomic mass is 9.78. The number of nitrogens with two attached hydrogens (primary N) is 1. The van der Waals surface area contributed by atoms with Crippen LogP contribution in [0.4, 0.5) is 0 Å². The number of hydrogen-bond donors (Lipinski definition) is 3. The van der Waals surface area contributed by atoms with Crippen LogP contribution in [-0.4, -0.2) is 33.9 Å². The quantitative estimate of drug-likeness (QED) is 0.654. The summed E-state index contributed by atoms with van der Waals surface area (Å²) in [4.78, 5) is 31.1. The number of ketones is 1. The minimum absolute atomic E-state index is 0.136. The van der Waals surface area contributed by atoms with Gasteiger partial charge in [-0.1, -0.05) is 45.0 Å². The molecule has 4 atom stereocenters. The van der Waals surface area contributed by atoms with Crippen molar-refractivity contribution in [1.82, 2.24) is 10.3 Å². The molecule has 1 aliphatic carbocycles. The van der Waals surface area contributed by atoms with Gasteiger partial charge < -0.3 is 16.2 Å². The fourth-order valence-electron chi connectivity index (χ4n) is 3.95. The van der Waals surface area contributed by atoms with Gasteiger partial charge in [-0.15, -0.1) is 11.3 Å². The zero-order valence-electron chi connectivity index (χ0n) is 18.0. The van der Waals surface area contributed by atoms with Crippen molar-refractivity contribution in [3.63, 3.8) is 0 Å². The fraction of sp³-hybridized carbons (Fsp3) is 0.522. The van der Waals surface area contributed by atoms with E-state index in [1.54, 1.807) is 11.3 Å². The molecule has 1 aromatic carbocycles. The average molecular weight is 430 g/mol. The SMILES string of the molecule is Cc1ncsc1-c1ccc(CNC(=O)[C@@H]2C[C@H](O)CC2C(=O)[C@@H](N)C(C)(C)C)cc1. The van der Waals surface area contributed by atoms with Crippen molar-refractivity contribution in [2.45, 2.75) is 59.2 Å². The number of aryl methyl sites for hydroxylation is 1. The van der Waals surface area contributed by atoms with Crippen molar-refractivity contribution in [1.29, 1.82) is 0 Å². The van der Waals surface area contributed by atoms with Gasteiger partial charge in [0, 0.05) is 12.5 Å². The summed E-state index contributed by atoms with van der Waals surface area (Å²) in [5, 5.41) is 13.0. The lowest BCUT2D eigenvalue weighted by molar-refractivity contribution is -0.134. The van der Waals surface area contributed by atoms with Crippen LogP contribution in [0.1, 0.15) is 44.9 Å². The smallest absolute Gasteiger partial charge is 0.224 e. The second kappa shape index (κ2) is 8.96. The summed E-state index contributed by atoms with van der Waals surface area (Å²) in [7, 11) is 0. The van der Waals surface area contributed by atoms with Gasteiger partial charge in [0.15, 0.2) is 5.78 Å². The van der Waals surface area contributed by atoms with Gasteiger partial charge in [0.05, 0.1) is 34.1 Å². The topological polar surface area (TPSA) is 105 Å². The van der Waals surface area contributed by atoms with Gasteiger partial charge in [0.25, 0.3) is 0 Å². The Morgan fingerprint density at radius 2 is 1.87 bits per heavy atom. The second-order valence-corrected chi connectivity index (χ2v) is 10.1. The number of carbonyl (C=O) groups excluding carboxylic acids is 2. The van der Waals surface area contributed by atoms with Crippen LogP contribution in [0.15, 0.2) is 29.8 Å². The molecule has 30 heavy (non-hydrogen) atoms. The van der Waals surface area contributed by atoms with E-state index in [0.29, 0.717) is 19.4 Å². The number of aromatic nitrogens is 1. The van der Waals surface area contributed by atoms with Gasteiger partial charge in [-0.25, -0.2) is 4.98 Å². The van der Waals surface area contributed by atoms with E-state index in [9.17, 15) is 14.7 Å². The Morgan fingerprint density at radius 1 is 1.23 bits per heavy atom. The molecule has 6 nitrogen and oxygen atoms in total. The molecular formula is C23H31N3O3S. The van der Waals surface area contributed by atoms with Crippen molar-refractivity contribution in [2.24, 2.45) is 23.0 Å². The molecule has 1 amide bonds. The van der Waals surface area contributed by atoms with Crippen molar-refractivity contribution >= 4 is 23.0 Å². The highest BCUT2D eigenvalue weighted by molar-refractivity contribution is 7.13. The van der Waals surface area contributed by atoms with Crippen LogP contribution in [0, 0.1) is 24.2 Å². The largest absolute Gasteiger partial charge is 0.393 e. The predicted molar refractivity (Wildman–Crippen MR) is 119 cm³/mol. The van der Waals surface area contributed by atoms with Gasteiger partial charge in [-0.3, -0.25) is 9.59 Å². The third kappa shape index (κ3) is 4.96. The molecule has 1 aromatic heterocycles. The number of nitrogens with zero attached hydrogens (tertiary/aromatic N) is 1. The van der Waals surface area contributed by atoms with E-state index < -0.39 is 24.0 Å². The van der Waals surface area contributed by atoms with Gasteiger partial charge >= 0.3 is 0 Å². The third-order valence-corrected chi connectivity index (χ3v) is 6.89. The van der Waals surface area contributed by atoms with Crippen LogP contribution in [0.25, 0.3) is 10.4 Å². The Balaban J connectivity index is 1.63. The van der Waals surface area contributed by atoms with Crippen molar-refractivity contribution in [3.05, 3.63) is 41.0 Å². The molecule has 4 N–H and O–H groups in total. The van der Waals surface area contributed by atoms with Crippen LogP contribution >= 0.6 is 11.3 Å². The number of aliphatic hydroxyl groups excluding tert-OH is 1. The monoisotopic (exact) mass is 429 g/mol. The molecule has 0 saturated heterocycles. The predicted octanol–water partition coefficient (Wildman–Crippen LogP) is 3.06. The standard InChI is InChI=1S/C23H31N3O3S/c1-13-20(30-12-26-13)15-7-5-14(6-8-15)11-25-22(29)18-10-16(27)9-17(18)19(28)21(24)23(2,3)4/h5-8,12,16-18,21,27H,9-11,24H2,1-4H3,(H,25,29)/t16-,17?,18-,21-/m1/s1. The molecule has 3 rings (SSSR count). The molecule has 162 valence electrons. The van der Waals surface area contributed by atoms with Crippen LogP contribution in [0.2, 0.25) is 0 Å². The van der Waals surface area contributed by atoms with Crippen molar-refractivity contribution in [2.75, 3.05) is 0 Å². The van der Waals surface area contributed by atoms with Crippen molar-refractivity contribution < 1.29 is 14.7 Å². The molecule has 1 heterocycles. The molecule has 1 fully saturated rings. The number of rotatable bonds is 6. The summed E-state index contributed by atoms with van der Waals surface area (Å²) in [6.45, 7) is 8.09. The van der Waals surface area contributed by atoms with Gasteiger partial charge in [0.2, 0.25) is 5.91 Å². The first kappa shape index (κ1) is 22.6. The Kier molecular flexibility index (Phi) is 6.75. The maximum Gasteiger partial charge on any atom is 0.224 e. The molecule has 0 aliphatic heterocycles. The number of thiazole rings is 1. The highest BCUT2D eigenvalue weighted by atomic mass is 32.1. The molecule has 2 aromatic rings. The Hall–Kier alpha value is -2.09. The summed E-state index contributed by atoms with van der Waals surface area (Å²) in [6, 6.07) is 7.35. The number of amides is 1. The summed E-state index contributed by atoms with van der Waals surface area (Å²) in [5.74, 6) is -1.41. The zero-order chi connectivity index (χ0) is 22.1. The first-order valence-corrected chi connectivity index (χ1v) is 11.2. The Bertz CT molecular complexity index is 901. The fourth-order valence-corrected chi connectivity index (χ4v) is 4.76. The van der Waals surface area contributed by atoms with E-state index >= 15 is 0 Å². The lowest BCUT2D eigenvalue weighted by Gasteiger charge is -2.29. The first-order valence-electron chi connectivity index (χ1n) is 10.3. The second-order valence-electron chi connectivity index (χ2n) is 9.27. The van der Waals surface area contributed by atoms with Gasteiger partial charge in [-0.05, 0) is 36.3 Å². The number of aliphatic hydroxyl groups is 1. The average Bonchev–Trinajstić information content (AvgIpc) is 3.30. The van der Waals surface area contributed by atoms with Crippen molar-refractivity contribution in [3.8, 4) is 10.4 Å². The molecule has 1 unspecified atom stereocenters. The summed E-state index contributed by atoms with van der Waals surface area (Å²) < 4.78 is 0. The van der Waals surface area contributed by atoms with Crippen LogP contribution < -0.4 is 11.1 Å². The third-order valence-electron chi connectivity index (χ3n) is 5.91. The lowest BCUT2D eigenvalue weighted by Crippen LogP contribution is -2.47. The van der Waals surface area contributed by atoms with Crippen LogP contribution in [0.5, 0.6) is 0 Å². The van der Waals surface area contributed by atoms with Gasteiger partial charge in [-0.2, -0.15) is 0 Å². The van der Waals surface area contributed by atoms with Crippen LogP contribution in [0.3, 0.4) is 0 Å². The maximum absolute atomic E-state index is 12.9. The summed E-state index contributed by atoms with van der Waals surface area (Å²) in [5.41, 5.74) is 10.7. The molecule has 7 heteroatoms. The number of Topliss-reactive ketones (excluding diaryl/α,β-unsaturated/α-hetero) is 1. The minimum atomic E-state index is -0.661. The van der Waals surface area contributed by atoms with E-state index in [0.717, 1.165) is 21.7 Å². The molecule has 1 saturated carbocycles. The summed E-state index contributed by atoms with van der Waals surface area (Å²) in [6.07, 6.45) is -0.0597. The molecule has 1 aliphatic rings. The van der Waals surface area contributed by atoms with E-state index in [2.05, 4.69) is 10.3 Å². The van der Waals surface area contributed by atoms with E-state index in [-0.39, 0.29) is 17.1 Å². The van der Waals surface area contributed by atoms with E-state index in [1.165, 1.54) is 0 Å². The van der Waals surface area contributed by atoms with Crippen LogP contribution in [-0.2, 0) is 16.1 Å². The number of carbonyl (C=O) groups is 2. The Labute approximate surface area is 181 Å². The molecule has 0 radical (unpaired) electrons. The first-order chi connectivity index (χ1) is 14.1. The highest BCUT2D eigenvalue weighted by Gasteiger charge is 2.45. The van der Waals surface area contributed by atoms with Gasteiger partial charge in [0.1, 0.15) is 0 Å². The zero-order valence-corrected chi connectivity index (χ0v) is 18.8.